The molecule has 0 radical (unpaired) electrons. The number of carboxylic acid groups (broad SMARTS) is 1. The molecule has 186 valence electrons. The van der Waals surface area contributed by atoms with Gasteiger partial charge in [-0.15, -0.1) is 0 Å². The minimum atomic E-state index is -1.05. The highest BCUT2D eigenvalue weighted by Crippen LogP contribution is 2.44. The third-order valence-corrected chi connectivity index (χ3v) is 6.93. The van der Waals surface area contributed by atoms with Crippen molar-refractivity contribution in [3.05, 3.63) is 59.7 Å². The molecule has 2 aliphatic rings. The third kappa shape index (κ3) is 5.66. The third-order valence-electron chi connectivity index (χ3n) is 6.93. The Hall–Kier alpha value is -3.35. The maximum absolute atomic E-state index is 12.9. The molecule has 4 rings (SSSR count). The van der Waals surface area contributed by atoms with Gasteiger partial charge in [-0.1, -0.05) is 75.7 Å². The summed E-state index contributed by atoms with van der Waals surface area (Å²) >= 11 is 0. The molecule has 2 aromatic carbocycles. The zero-order valence-electron chi connectivity index (χ0n) is 20.5. The average Bonchev–Trinajstić information content (AvgIpc) is 3.39. The number of amides is 2. The molecule has 0 heterocycles. The van der Waals surface area contributed by atoms with Crippen molar-refractivity contribution in [3.8, 4) is 11.1 Å². The molecule has 7 heteroatoms. The predicted octanol–water partition coefficient (Wildman–Crippen LogP) is 4.70. The van der Waals surface area contributed by atoms with E-state index in [4.69, 9.17) is 4.74 Å². The molecule has 2 aromatic rings. The van der Waals surface area contributed by atoms with E-state index in [1.165, 1.54) is 0 Å². The summed E-state index contributed by atoms with van der Waals surface area (Å²) in [4.78, 5) is 37.3. The van der Waals surface area contributed by atoms with Gasteiger partial charge in [0, 0.05) is 12.0 Å². The van der Waals surface area contributed by atoms with Crippen molar-refractivity contribution in [3.63, 3.8) is 0 Å². The van der Waals surface area contributed by atoms with E-state index in [2.05, 4.69) is 34.9 Å². The van der Waals surface area contributed by atoms with Crippen LogP contribution in [0.4, 0.5) is 4.79 Å². The van der Waals surface area contributed by atoms with Crippen LogP contribution in [0.1, 0.15) is 63.5 Å². The van der Waals surface area contributed by atoms with Gasteiger partial charge in [-0.3, -0.25) is 4.79 Å². The molecule has 2 amide bonds. The normalized spacial score (nSPS) is 20.0. The van der Waals surface area contributed by atoms with Crippen LogP contribution in [0.25, 0.3) is 11.1 Å². The quantitative estimate of drug-likeness (QED) is 0.535. The van der Waals surface area contributed by atoms with Crippen molar-refractivity contribution < 1.29 is 24.2 Å². The van der Waals surface area contributed by atoms with Gasteiger partial charge in [-0.05, 0) is 46.9 Å². The Bertz CT molecular complexity index is 1060. The van der Waals surface area contributed by atoms with Gasteiger partial charge in [-0.2, -0.15) is 0 Å². The Labute approximate surface area is 206 Å². The highest BCUT2D eigenvalue weighted by Gasteiger charge is 2.37. The fourth-order valence-corrected chi connectivity index (χ4v) is 5.33. The highest BCUT2D eigenvalue weighted by molar-refractivity contribution is 5.86. The largest absolute Gasteiger partial charge is 0.480 e. The summed E-state index contributed by atoms with van der Waals surface area (Å²) in [5.74, 6) is -1.89. The Kier molecular flexibility index (Phi) is 7.15. The van der Waals surface area contributed by atoms with E-state index in [0.717, 1.165) is 28.7 Å². The number of alkyl carbamates (subject to hydrolysis) is 1. The Morgan fingerprint density at radius 2 is 1.60 bits per heavy atom. The zero-order valence-corrected chi connectivity index (χ0v) is 20.5. The molecule has 0 spiro atoms. The summed E-state index contributed by atoms with van der Waals surface area (Å²) in [6.45, 7) is 6.01. The molecule has 35 heavy (non-hydrogen) atoms. The molecular weight excluding hydrogens is 444 g/mol. The molecule has 0 aliphatic heterocycles. The van der Waals surface area contributed by atoms with E-state index in [0.29, 0.717) is 19.3 Å². The lowest BCUT2D eigenvalue weighted by Crippen LogP contribution is -2.49. The van der Waals surface area contributed by atoms with E-state index in [1.807, 2.05) is 45.0 Å². The average molecular weight is 479 g/mol. The topological polar surface area (TPSA) is 105 Å². The second-order valence-corrected chi connectivity index (χ2v) is 10.8. The van der Waals surface area contributed by atoms with E-state index in [1.54, 1.807) is 0 Å². The number of aliphatic carboxylic acids is 1. The first-order valence-corrected chi connectivity index (χ1v) is 12.3. The highest BCUT2D eigenvalue weighted by atomic mass is 16.5. The lowest BCUT2D eigenvalue weighted by atomic mass is 9.87. The standard InChI is InChI=1S/C28H34N2O5/c1-28(2,3)15-24(26(32)33)29-25(31)21-13-8-14-23(21)30-27(34)35-16-22-19-11-6-4-9-17(19)18-10-5-7-12-20(18)22/h4-7,9-12,21-24H,8,13-16H2,1-3H3,(H,29,31)(H,30,34)(H,32,33). The molecule has 0 saturated heterocycles. The second-order valence-electron chi connectivity index (χ2n) is 10.8. The first kappa shape index (κ1) is 24.8. The van der Waals surface area contributed by atoms with Crippen LogP contribution in [0.2, 0.25) is 0 Å². The number of carboxylic acids is 1. The van der Waals surface area contributed by atoms with Crippen molar-refractivity contribution in [2.75, 3.05) is 6.61 Å². The summed E-state index contributed by atoms with van der Waals surface area (Å²) in [5, 5.41) is 15.1. The minimum Gasteiger partial charge on any atom is -0.480 e. The van der Waals surface area contributed by atoms with Crippen molar-refractivity contribution in [1.82, 2.24) is 10.6 Å². The molecule has 1 fully saturated rings. The number of hydrogen-bond donors (Lipinski definition) is 3. The van der Waals surface area contributed by atoms with E-state index in [-0.39, 0.29) is 29.9 Å². The Balaban J connectivity index is 1.36. The van der Waals surface area contributed by atoms with Gasteiger partial charge in [-0.25, -0.2) is 9.59 Å². The van der Waals surface area contributed by atoms with Gasteiger partial charge >= 0.3 is 12.1 Å². The first-order valence-electron chi connectivity index (χ1n) is 12.3. The molecule has 0 bridgehead atoms. The predicted molar refractivity (Wildman–Crippen MR) is 133 cm³/mol. The van der Waals surface area contributed by atoms with Crippen LogP contribution >= 0.6 is 0 Å². The molecule has 3 atom stereocenters. The van der Waals surface area contributed by atoms with Crippen LogP contribution in [0.5, 0.6) is 0 Å². The number of carbonyl (C=O) groups excluding carboxylic acids is 2. The number of carbonyl (C=O) groups is 3. The number of ether oxygens (including phenoxy) is 1. The van der Waals surface area contributed by atoms with Crippen molar-refractivity contribution in [1.29, 1.82) is 0 Å². The molecule has 0 aromatic heterocycles. The van der Waals surface area contributed by atoms with Gasteiger partial charge in [0.2, 0.25) is 5.91 Å². The number of hydrogen-bond acceptors (Lipinski definition) is 4. The van der Waals surface area contributed by atoms with Gasteiger partial charge in [0.05, 0.1) is 5.92 Å². The number of rotatable bonds is 7. The number of benzene rings is 2. The Morgan fingerprint density at radius 1 is 1.00 bits per heavy atom. The monoisotopic (exact) mass is 478 g/mol. The number of nitrogens with one attached hydrogen (secondary N) is 2. The SMILES string of the molecule is CC(C)(C)CC(NC(=O)C1CCCC1NC(=O)OCC1c2ccccc2-c2ccccc21)C(=O)O. The molecular formula is C28H34N2O5. The van der Waals surface area contributed by atoms with Crippen molar-refractivity contribution >= 4 is 18.0 Å². The van der Waals surface area contributed by atoms with Gasteiger partial charge in [0.15, 0.2) is 0 Å². The van der Waals surface area contributed by atoms with E-state index < -0.39 is 24.0 Å². The van der Waals surface area contributed by atoms with Crippen molar-refractivity contribution in [2.45, 2.75) is 64.5 Å². The smallest absolute Gasteiger partial charge is 0.407 e. The van der Waals surface area contributed by atoms with Crippen LogP contribution in [-0.2, 0) is 14.3 Å². The summed E-state index contributed by atoms with van der Waals surface area (Å²) in [6, 6.07) is 14.9. The summed E-state index contributed by atoms with van der Waals surface area (Å²) < 4.78 is 5.64. The van der Waals surface area contributed by atoms with Crippen LogP contribution in [0.15, 0.2) is 48.5 Å². The van der Waals surface area contributed by atoms with Gasteiger partial charge in [0.1, 0.15) is 12.6 Å². The molecule has 7 nitrogen and oxygen atoms in total. The van der Waals surface area contributed by atoms with Gasteiger partial charge < -0.3 is 20.5 Å². The van der Waals surface area contributed by atoms with Gasteiger partial charge in [0.25, 0.3) is 0 Å². The lowest BCUT2D eigenvalue weighted by molar-refractivity contribution is -0.143. The summed E-state index contributed by atoms with van der Waals surface area (Å²) in [7, 11) is 0. The Morgan fingerprint density at radius 3 is 2.17 bits per heavy atom. The molecule has 2 aliphatic carbocycles. The zero-order chi connectivity index (χ0) is 25.2. The fraction of sp³-hybridized carbons (Fsp3) is 0.464. The fourth-order valence-electron chi connectivity index (χ4n) is 5.33. The van der Waals surface area contributed by atoms with E-state index in [9.17, 15) is 19.5 Å². The lowest BCUT2D eigenvalue weighted by Gasteiger charge is -2.26. The van der Waals surface area contributed by atoms with Crippen LogP contribution < -0.4 is 10.6 Å². The summed E-state index contributed by atoms with van der Waals surface area (Å²) in [5.41, 5.74) is 4.35. The maximum Gasteiger partial charge on any atom is 0.407 e. The first-order chi connectivity index (χ1) is 16.6. The molecule has 3 unspecified atom stereocenters. The summed E-state index contributed by atoms with van der Waals surface area (Å²) in [6.07, 6.45) is 1.80. The van der Waals surface area contributed by atoms with Crippen LogP contribution in [-0.4, -0.2) is 41.8 Å². The van der Waals surface area contributed by atoms with Crippen LogP contribution in [0, 0.1) is 11.3 Å². The van der Waals surface area contributed by atoms with Crippen molar-refractivity contribution in [2.24, 2.45) is 11.3 Å². The number of fused-ring (bicyclic) bond motifs is 3. The molecule has 3 N–H and O–H groups in total. The van der Waals surface area contributed by atoms with Crippen LogP contribution in [0.3, 0.4) is 0 Å². The maximum atomic E-state index is 12.9. The second kappa shape index (κ2) is 10.1. The molecule has 1 saturated carbocycles. The van der Waals surface area contributed by atoms with E-state index >= 15 is 0 Å². The minimum absolute atomic E-state index is 0.0375.